The van der Waals surface area contributed by atoms with E-state index in [1.165, 1.54) is 0 Å². The monoisotopic (exact) mass is 380 g/mol. The van der Waals surface area contributed by atoms with Gasteiger partial charge >= 0.3 is 5.97 Å². The maximum absolute atomic E-state index is 12.9. The van der Waals surface area contributed by atoms with Crippen LogP contribution in [0.5, 0.6) is 11.5 Å². The average Bonchev–Trinajstić information content (AvgIpc) is 2.73. The van der Waals surface area contributed by atoms with E-state index < -0.39 is 11.9 Å². The summed E-state index contributed by atoms with van der Waals surface area (Å²) in [6, 6.07) is 15.1. The Hall–Kier alpha value is -3.08. The highest BCUT2D eigenvalue weighted by atomic mass is 16.5. The Morgan fingerprint density at radius 2 is 1.75 bits per heavy atom. The molecule has 2 aromatic carbocycles. The average molecular weight is 380 g/mol. The molecule has 0 spiro atoms. The van der Waals surface area contributed by atoms with Gasteiger partial charge in [-0.15, -0.1) is 0 Å². The van der Waals surface area contributed by atoms with Gasteiger partial charge in [-0.2, -0.15) is 0 Å². The van der Waals surface area contributed by atoms with Crippen LogP contribution in [0, 0.1) is 5.92 Å². The molecule has 1 aliphatic carbocycles. The molecule has 0 heterocycles. The standard InChI is InChI=1S/C23H24O5/c1-4-28-23(25)22-20(15-8-10-18(26-2)11-9-15)13-17(14-21(22)24)16-6-5-7-19(12-16)27-3/h5-12,14,20,22H,4,13H2,1-3H3/t20-,22+/m0/s1. The third kappa shape index (κ3) is 4.09. The largest absolute Gasteiger partial charge is 0.497 e. The topological polar surface area (TPSA) is 61.8 Å². The van der Waals surface area contributed by atoms with Crippen LogP contribution in [-0.2, 0) is 14.3 Å². The van der Waals surface area contributed by atoms with Crippen molar-refractivity contribution < 1.29 is 23.8 Å². The van der Waals surface area contributed by atoms with Crippen molar-refractivity contribution in [2.75, 3.05) is 20.8 Å². The maximum atomic E-state index is 12.9. The first-order valence-corrected chi connectivity index (χ1v) is 9.26. The van der Waals surface area contributed by atoms with E-state index in [0.29, 0.717) is 6.42 Å². The van der Waals surface area contributed by atoms with Crippen molar-refractivity contribution in [2.45, 2.75) is 19.3 Å². The molecule has 0 unspecified atom stereocenters. The number of esters is 1. The lowest BCUT2D eigenvalue weighted by Crippen LogP contribution is -2.34. The molecule has 3 rings (SSSR count). The molecule has 146 valence electrons. The van der Waals surface area contributed by atoms with E-state index in [-0.39, 0.29) is 18.3 Å². The SMILES string of the molecule is CCOC(=O)[C@H]1C(=O)C=C(c2cccc(OC)c2)C[C@H]1c1ccc(OC)cc1. The van der Waals surface area contributed by atoms with Crippen LogP contribution in [0.15, 0.2) is 54.6 Å². The molecule has 0 aliphatic heterocycles. The summed E-state index contributed by atoms with van der Waals surface area (Å²) in [6.07, 6.45) is 2.12. The van der Waals surface area contributed by atoms with Crippen molar-refractivity contribution in [3.63, 3.8) is 0 Å². The van der Waals surface area contributed by atoms with Crippen LogP contribution in [-0.4, -0.2) is 32.6 Å². The summed E-state index contributed by atoms with van der Waals surface area (Å²) >= 11 is 0. The molecule has 2 aromatic rings. The van der Waals surface area contributed by atoms with Gasteiger partial charge in [0.05, 0.1) is 20.8 Å². The first-order chi connectivity index (χ1) is 13.6. The highest BCUT2D eigenvalue weighted by molar-refractivity contribution is 6.10. The predicted molar refractivity (Wildman–Crippen MR) is 106 cm³/mol. The van der Waals surface area contributed by atoms with Gasteiger partial charge in [0.25, 0.3) is 0 Å². The molecule has 28 heavy (non-hydrogen) atoms. The molecule has 0 saturated carbocycles. The Morgan fingerprint density at radius 3 is 2.39 bits per heavy atom. The molecular weight excluding hydrogens is 356 g/mol. The molecule has 0 amide bonds. The fraction of sp³-hybridized carbons (Fsp3) is 0.304. The van der Waals surface area contributed by atoms with Gasteiger partial charge in [-0.1, -0.05) is 24.3 Å². The molecule has 0 bridgehead atoms. The van der Waals surface area contributed by atoms with Crippen LogP contribution >= 0.6 is 0 Å². The summed E-state index contributed by atoms with van der Waals surface area (Å²) in [7, 11) is 3.21. The van der Waals surface area contributed by atoms with Gasteiger partial charge < -0.3 is 14.2 Å². The van der Waals surface area contributed by atoms with Crippen LogP contribution in [0.2, 0.25) is 0 Å². The molecule has 1 aliphatic rings. The minimum absolute atomic E-state index is 0.233. The van der Waals surface area contributed by atoms with Gasteiger partial charge in [0.1, 0.15) is 17.4 Å². The van der Waals surface area contributed by atoms with Gasteiger partial charge in [0, 0.05) is 5.92 Å². The lowest BCUT2D eigenvalue weighted by atomic mass is 9.73. The Bertz CT molecular complexity index is 882. The second-order valence-electron chi connectivity index (χ2n) is 6.62. The van der Waals surface area contributed by atoms with Crippen molar-refractivity contribution in [2.24, 2.45) is 5.92 Å². The van der Waals surface area contributed by atoms with Crippen molar-refractivity contribution in [1.82, 2.24) is 0 Å². The molecule has 0 saturated heterocycles. The Balaban J connectivity index is 2.01. The number of carbonyl (C=O) groups is 2. The van der Waals surface area contributed by atoms with Crippen LogP contribution in [0.4, 0.5) is 0 Å². The minimum atomic E-state index is -0.845. The fourth-order valence-corrected chi connectivity index (χ4v) is 3.57. The van der Waals surface area contributed by atoms with Gasteiger partial charge in [0.2, 0.25) is 0 Å². The molecule has 0 radical (unpaired) electrons. The summed E-state index contributed by atoms with van der Waals surface area (Å²) in [5.74, 6) is -0.412. The van der Waals surface area contributed by atoms with Gasteiger partial charge in [0.15, 0.2) is 5.78 Å². The van der Waals surface area contributed by atoms with E-state index in [4.69, 9.17) is 14.2 Å². The third-order valence-electron chi connectivity index (χ3n) is 4.99. The van der Waals surface area contributed by atoms with Crippen molar-refractivity contribution in [3.05, 3.63) is 65.7 Å². The van der Waals surface area contributed by atoms with Crippen molar-refractivity contribution in [1.29, 1.82) is 0 Å². The molecule has 5 nitrogen and oxygen atoms in total. The molecule has 5 heteroatoms. The molecule has 0 fully saturated rings. The first kappa shape index (κ1) is 19.7. The zero-order valence-corrected chi connectivity index (χ0v) is 16.3. The van der Waals surface area contributed by atoms with Crippen LogP contribution in [0.25, 0.3) is 5.57 Å². The van der Waals surface area contributed by atoms with E-state index in [2.05, 4.69) is 0 Å². The molecular formula is C23H24O5. The molecule has 2 atom stereocenters. The number of carbonyl (C=O) groups excluding carboxylic acids is 2. The van der Waals surface area contributed by atoms with E-state index in [1.54, 1.807) is 27.2 Å². The summed E-state index contributed by atoms with van der Waals surface area (Å²) < 4.78 is 15.7. The summed E-state index contributed by atoms with van der Waals surface area (Å²) in [4.78, 5) is 25.5. The molecule has 0 aromatic heterocycles. The zero-order valence-electron chi connectivity index (χ0n) is 16.3. The zero-order chi connectivity index (χ0) is 20.1. The fourth-order valence-electron chi connectivity index (χ4n) is 3.57. The quantitative estimate of drug-likeness (QED) is 0.559. The van der Waals surface area contributed by atoms with E-state index >= 15 is 0 Å². The van der Waals surface area contributed by atoms with Crippen LogP contribution in [0.1, 0.15) is 30.4 Å². The van der Waals surface area contributed by atoms with Gasteiger partial charge in [-0.3, -0.25) is 9.59 Å². The normalized spacial score (nSPS) is 19.0. The Morgan fingerprint density at radius 1 is 1.04 bits per heavy atom. The number of rotatable bonds is 6. The maximum Gasteiger partial charge on any atom is 0.317 e. The number of methoxy groups -OCH3 is 2. The van der Waals surface area contributed by atoms with E-state index in [9.17, 15) is 9.59 Å². The van der Waals surface area contributed by atoms with E-state index in [0.717, 1.165) is 28.2 Å². The number of hydrogen-bond donors (Lipinski definition) is 0. The highest BCUT2D eigenvalue weighted by Crippen LogP contribution is 2.41. The van der Waals surface area contributed by atoms with Crippen LogP contribution in [0.3, 0.4) is 0 Å². The second-order valence-corrected chi connectivity index (χ2v) is 6.62. The third-order valence-corrected chi connectivity index (χ3v) is 4.99. The van der Waals surface area contributed by atoms with Crippen molar-refractivity contribution in [3.8, 4) is 11.5 Å². The van der Waals surface area contributed by atoms with Crippen molar-refractivity contribution >= 4 is 17.3 Å². The number of hydrogen-bond acceptors (Lipinski definition) is 5. The second kappa shape index (κ2) is 8.74. The predicted octanol–water partition coefficient (Wildman–Crippen LogP) is 4.02. The molecule has 0 N–H and O–H groups in total. The van der Waals surface area contributed by atoms with Gasteiger partial charge in [-0.25, -0.2) is 0 Å². The number of ether oxygens (including phenoxy) is 3. The summed E-state index contributed by atoms with van der Waals surface area (Å²) in [6.45, 7) is 1.98. The highest BCUT2D eigenvalue weighted by Gasteiger charge is 2.39. The van der Waals surface area contributed by atoms with Gasteiger partial charge in [-0.05, 0) is 60.4 Å². The number of benzene rings is 2. The summed E-state index contributed by atoms with van der Waals surface area (Å²) in [5, 5.41) is 0. The lowest BCUT2D eigenvalue weighted by molar-refractivity contribution is -0.151. The number of allylic oxidation sites excluding steroid dienone is 2. The van der Waals surface area contributed by atoms with E-state index in [1.807, 2.05) is 48.5 Å². The first-order valence-electron chi connectivity index (χ1n) is 9.26. The smallest absolute Gasteiger partial charge is 0.317 e. The van der Waals surface area contributed by atoms with Crippen LogP contribution < -0.4 is 9.47 Å². The Labute approximate surface area is 164 Å². The number of ketones is 1. The lowest BCUT2D eigenvalue weighted by Gasteiger charge is -2.29. The minimum Gasteiger partial charge on any atom is -0.497 e. The summed E-state index contributed by atoms with van der Waals surface area (Å²) in [5.41, 5.74) is 2.69. The Kier molecular flexibility index (Phi) is 6.14.